The molecule has 2 aromatic rings. The zero-order valence-electron chi connectivity index (χ0n) is 11.3. The third-order valence-electron chi connectivity index (χ3n) is 3.61. The summed E-state index contributed by atoms with van der Waals surface area (Å²) in [5.74, 6) is 0.410. The minimum Gasteiger partial charge on any atom is -0.508 e. The molecule has 7 heteroatoms. The van der Waals surface area contributed by atoms with E-state index in [1.54, 1.807) is 22.0 Å². The van der Waals surface area contributed by atoms with Crippen LogP contribution < -0.4 is 4.90 Å². The van der Waals surface area contributed by atoms with Crippen LogP contribution in [0.15, 0.2) is 24.7 Å². The lowest BCUT2D eigenvalue weighted by atomic mass is 9.97. The number of halogens is 2. The van der Waals surface area contributed by atoms with Crippen molar-refractivity contribution < 1.29 is 9.90 Å². The number of phenolic OH excluding ortho intramolecular Hbond substituents is 1. The van der Waals surface area contributed by atoms with Crippen LogP contribution in [0.3, 0.4) is 0 Å². The lowest BCUT2D eigenvalue weighted by molar-refractivity contribution is -0.117. The number of amides is 1. The third kappa shape index (κ3) is 2.47. The third-order valence-corrected chi connectivity index (χ3v) is 4.43. The van der Waals surface area contributed by atoms with Crippen LogP contribution in [0, 0.1) is 0 Å². The van der Waals surface area contributed by atoms with Gasteiger partial charge in [0.25, 0.3) is 0 Å². The molecule has 1 atom stereocenters. The first-order valence-corrected chi connectivity index (χ1v) is 7.18. The van der Waals surface area contributed by atoms with Crippen molar-refractivity contribution in [2.45, 2.75) is 12.3 Å². The predicted octanol–water partition coefficient (Wildman–Crippen LogP) is 2.95. The van der Waals surface area contributed by atoms with Crippen LogP contribution in [0.2, 0.25) is 10.0 Å². The van der Waals surface area contributed by atoms with E-state index in [2.05, 4.69) is 4.98 Å². The lowest BCUT2D eigenvalue weighted by Gasteiger charge is -2.16. The summed E-state index contributed by atoms with van der Waals surface area (Å²) in [6, 6.07) is 3.04. The summed E-state index contributed by atoms with van der Waals surface area (Å²) < 4.78 is 1.78. The Balaban J connectivity index is 1.93. The van der Waals surface area contributed by atoms with Crippen molar-refractivity contribution in [2.75, 3.05) is 11.4 Å². The molecule has 1 aromatic heterocycles. The number of anilines is 1. The molecule has 3 rings (SSSR count). The van der Waals surface area contributed by atoms with E-state index in [1.807, 2.05) is 7.05 Å². The highest BCUT2D eigenvalue weighted by molar-refractivity contribution is 6.42. The highest BCUT2D eigenvalue weighted by atomic mass is 35.5. The van der Waals surface area contributed by atoms with Gasteiger partial charge in [-0.1, -0.05) is 23.2 Å². The number of rotatable bonds is 2. The first-order valence-electron chi connectivity index (χ1n) is 6.42. The van der Waals surface area contributed by atoms with Crippen molar-refractivity contribution in [2.24, 2.45) is 7.05 Å². The van der Waals surface area contributed by atoms with Gasteiger partial charge in [-0.15, -0.1) is 0 Å². The Morgan fingerprint density at radius 1 is 1.38 bits per heavy atom. The second kappa shape index (κ2) is 5.24. The predicted molar refractivity (Wildman–Crippen MR) is 81.0 cm³/mol. The highest BCUT2D eigenvalue weighted by Crippen LogP contribution is 2.42. The van der Waals surface area contributed by atoms with Gasteiger partial charge in [-0.3, -0.25) is 9.69 Å². The van der Waals surface area contributed by atoms with Gasteiger partial charge in [-0.05, 0) is 12.1 Å². The van der Waals surface area contributed by atoms with Crippen molar-refractivity contribution in [3.8, 4) is 5.75 Å². The molecule has 0 radical (unpaired) electrons. The molecular weight excluding hydrogens is 313 g/mol. The molecule has 0 spiro atoms. The Morgan fingerprint density at radius 2 is 2.14 bits per heavy atom. The van der Waals surface area contributed by atoms with E-state index >= 15 is 0 Å². The number of carbonyl (C=O) groups excluding carboxylic acids is 1. The molecular formula is C14H13Cl2N3O2. The summed E-state index contributed by atoms with van der Waals surface area (Å²) in [5.41, 5.74) is 0.524. The fourth-order valence-electron chi connectivity index (χ4n) is 2.61. The van der Waals surface area contributed by atoms with E-state index < -0.39 is 0 Å². The lowest BCUT2D eigenvalue weighted by Crippen LogP contribution is -2.24. The van der Waals surface area contributed by atoms with Gasteiger partial charge < -0.3 is 9.67 Å². The molecule has 110 valence electrons. The van der Waals surface area contributed by atoms with Crippen LogP contribution >= 0.6 is 23.2 Å². The normalized spacial score (nSPS) is 18.5. The van der Waals surface area contributed by atoms with Crippen molar-refractivity contribution >= 4 is 34.9 Å². The van der Waals surface area contributed by atoms with Crippen molar-refractivity contribution in [3.63, 3.8) is 0 Å². The summed E-state index contributed by atoms with van der Waals surface area (Å²) in [4.78, 5) is 18.0. The molecule has 1 saturated heterocycles. The number of aryl methyl sites for hydroxylation is 1. The molecule has 1 N–H and O–H groups in total. The summed E-state index contributed by atoms with van der Waals surface area (Å²) >= 11 is 12.2. The maximum absolute atomic E-state index is 12.2. The summed E-state index contributed by atoms with van der Waals surface area (Å²) in [6.45, 7) is 0.420. The first kappa shape index (κ1) is 14.2. The van der Waals surface area contributed by atoms with Crippen molar-refractivity contribution in [1.29, 1.82) is 0 Å². The van der Waals surface area contributed by atoms with Gasteiger partial charge in [0.15, 0.2) is 5.82 Å². The van der Waals surface area contributed by atoms with Gasteiger partial charge in [0.05, 0.1) is 16.4 Å². The molecule has 0 saturated carbocycles. The van der Waals surface area contributed by atoms with Gasteiger partial charge in [-0.2, -0.15) is 0 Å². The van der Waals surface area contributed by atoms with Crippen LogP contribution in [0.1, 0.15) is 17.9 Å². The number of hydrogen-bond acceptors (Lipinski definition) is 3. The SMILES string of the molecule is Cn1cnc(N2CC(c3c(O)ccc(Cl)c3Cl)CC2=O)c1. The van der Waals surface area contributed by atoms with Crippen molar-refractivity contribution in [3.05, 3.63) is 40.3 Å². The summed E-state index contributed by atoms with van der Waals surface area (Å²) in [5, 5.41) is 10.7. The van der Waals surface area contributed by atoms with Crippen LogP contribution in [0.25, 0.3) is 0 Å². The monoisotopic (exact) mass is 325 g/mol. The largest absolute Gasteiger partial charge is 0.508 e. The first-order chi connectivity index (χ1) is 9.97. The molecule has 1 unspecified atom stereocenters. The Labute approximate surface area is 131 Å². The average Bonchev–Trinajstić information content (AvgIpc) is 3.01. The smallest absolute Gasteiger partial charge is 0.228 e. The second-order valence-electron chi connectivity index (χ2n) is 5.10. The number of aromatic nitrogens is 2. The van der Waals surface area contributed by atoms with Gasteiger partial charge in [0.2, 0.25) is 5.91 Å². The number of aromatic hydroxyl groups is 1. The molecule has 1 fully saturated rings. The standard InChI is InChI=1S/C14H13Cl2N3O2/c1-18-6-11(17-7-18)19-5-8(4-12(19)21)13-10(20)3-2-9(15)14(13)16/h2-3,6-8,20H,4-5H2,1H3. The van der Waals surface area contributed by atoms with Crippen LogP contribution in [-0.2, 0) is 11.8 Å². The zero-order valence-corrected chi connectivity index (χ0v) is 12.8. The zero-order chi connectivity index (χ0) is 15.1. The van der Waals surface area contributed by atoms with E-state index in [0.717, 1.165) is 0 Å². The molecule has 21 heavy (non-hydrogen) atoms. The fraction of sp³-hybridized carbons (Fsp3) is 0.286. The van der Waals surface area contributed by atoms with E-state index in [4.69, 9.17) is 23.2 Å². The van der Waals surface area contributed by atoms with E-state index in [0.29, 0.717) is 28.0 Å². The minimum absolute atomic E-state index is 0.0471. The van der Waals surface area contributed by atoms with Crippen LogP contribution in [0.5, 0.6) is 5.75 Å². The molecule has 1 aromatic carbocycles. The molecule has 0 bridgehead atoms. The van der Waals surface area contributed by atoms with E-state index in [9.17, 15) is 9.90 Å². The minimum atomic E-state index is -0.203. The van der Waals surface area contributed by atoms with Gasteiger partial charge in [0.1, 0.15) is 5.75 Å². The molecule has 1 amide bonds. The van der Waals surface area contributed by atoms with Gasteiger partial charge >= 0.3 is 0 Å². The van der Waals surface area contributed by atoms with E-state index in [-0.39, 0.29) is 24.0 Å². The van der Waals surface area contributed by atoms with Crippen molar-refractivity contribution in [1.82, 2.24) is 9.55 Å². The van der Waals surface area contributed by atoms with Crippen LogP contribution in [0.4, 0.5) is 5.82 Å². The molecule has 0 aliphatic carbocycles. The Hall–Kier alpha value is -1.72. The quantitative estimate of drug-likeness (QED) is 0.923. The van der Waals surface area contributed by atoms with Gasteiger partial charge in [-0.25, -0.2) is 4.98 Å². The Morgan fingerprint density at radius 3 is 2.81 bits per heavy atom. The number of carbonyl (C=O) groups is 1. The molecule has 2 heterocycles. The highest BCUT2D eigenvalue weighted by Gasteiger charge is 2.35. The van der Waals surface area contributed by atoms with Gasteiger partial charge in [0, 0.05) is 37.7 Å². The summed E-state index contributed by atoms with van der Waals surface area (Å²) in [7, 11) is 1.84. The topological polar surface area (TPSA) is 58.4 Å². The number of phenols is 1. The maximum Gasteiger partial charge on any atom is 0.228 e. The maximum atomic E-state index is 12.2. The van der Waals surface area contributed by atoms with E-state index in [1.165, 1.54) is 12.1 Å². The molecule has 5 nitrogen and oxygen atoms in total. The number of benzene rings is 1. The van der Waals surface area contributed by atoms with Crippen LogP contribution in [-0.4, -0.2) is 27.1 Å². The molecule has 1 aliphatic rings. The molecule has 1 aliphatic heterocycles. The summed E-state index contributed by atoms with van der Waals surface area (Å²) in [6.07, 6.45) is 3.68. The fourth-order valence-corrected chi connectivity index (χ4v) is 3.08. The Bertz CT molecular complexity index is 714. The second-order valence-corrected chi connectivity index (χ2v) is 5.88. The number of imidazole rings is 1. The number of nitrogens with zero attached hydrogens (tertiary/aromatic N) is 3. The number of hydrogen-bond donors (Lipinski definition) is 1. The Kier molecular flexibility index (Phi) is 3.55. The average molecular weight is 326 g/mol.